The number of nitrogens with zero attached hydrogens (tertiary/aromatic N) is 2. The second kappa shape index (κ2) is 11.1. The number of furan rings is 1. The van der Waals surface area contributed by atoms with Crippen molar-refractivity contribution in [1.82, 2.24) is 10.2 Å². The van der Waals surface area contributed by atoms with Gasteiger partial charge in [-0.15, -0.1) is 0 Å². The molecule has 1 saturated heterocycles. The van der Waals surface area contributed by atoms with Crippen LogP contribution in [0.25, 0.3) is 0 Å². The van der Waals surface area contributed by atoms with E-state index in [1.54, 1.807) is 20.5 Å². The molecule has 0 radical (unpaired) electrons. The Morgan fingerprint density at radius 3 is 2.47 bits per heavy atom. The summed E-state index contributed by atoms with van der Waals surface area (Å²) in [5.74, 6) is 3.18. The number of hydrogen-bond acceptors (Lipinski definition) is 6. The van der Waals surface area contributed by atoms with Crippen molar-refractivity contribution in [2.24, 2.45) is 10.4 Å². The molecular weight excluding hydrogens is 480 g/mol. The molecule has 3 aromatic rings. The van der Waals surface area contributed by atoms with Gasteiger partial charge in [0.2, 0.25) is 5.91 Å². The summed E-state index contributed by atoms with van der Waals surface area (Å²) in [4.78, 5) is 20.6. The Balaban J connectivity index is 1.32. The molecule has 0 bridgehead atoms. The van der Waals surface area contributed by atoms with Crippen molar-refractivity contribution in [3.8, 4) is 11.5 Å². The topological polar surface area (TPSA) is 100 Å². The summed E-state index contributed by atoms with van der Waals surface area (Å²) in [5, 5.41) is 11.8. The van der Waals surface area contributed by atoms with Crippen LogP contribution in [0.4, 0.5) is 0 Å². The molecule has 0 spiro atoms. The maximum absolute atomic E-state index is 13.6. The quantitative estimate of drug-likeness (QED) is 0.480. The number of aliphatic imine (C=N–C) groups is 1. The van der Waals surface area contributed by atoms with Gasteiger partial charge in [-0.05, 0) is 61.1 Å². The molecule has 1 amide bonds. The lowest BCUT2D eigenvalue weighted by atomic mass is 9.72. The summed E-state index contributed by atoms with van der Waals surface area (Å²) in [6, 6.07) is 17.7. The number of piperidine rings is 1. The van der Waals surface area contributed by atoms with E-state index < -0.39 is 5.41 Å². The van der Waals surface area contributed by atoms with Gasteiger partial charge in [0.1, 0.15) is 11.6 Å². The van der Waals surface area contributed by atoms with Gasteiger partial charge in [0, 0.05) is 25.1 Å². The van der Waals surface area contributed by atoms with Gasteiger partial charge in [-0.3, -0.25) is 10.2 Å². The number of fused-ring (bicyclic) bond motifs is 1. The predicted octanol–water partition coefficient (Wildman–Crippen LogP) is 4.61. The first kappa shape index (κ1) is 25.6. The molecule has 0 saturated carbocycles. The fourth-order valence-corrected chi connectivity index (χ4v) is 5.50. The van der Waals surface area contributed by atoms with Gasteiger partial charge in [-0.1, -0.05) is 30.3 Å². The van der Waals surface area contributed by atoms with E-state index in [1.807, 2.05) is 42.5 Å². The van der Waals surface area contributed by atoms with Crippen molar-refractivity contribution in [3.05, 3.63) is 83.3 Å². The fourth-order valence-electron chi connectivity index (χ4n) is 5.50. The van der Waals surface area contributed by atoms with Crippen molar-refractivity contribution >= 4 is 17.6 Å². The third kappa shape index (κ3) is 5.30. The van der Waals surface area contributed by atoms with Crippen LogP contribution in [0.5, 0.6) is 11.5 Å². The van der Waals surface area contributed by atoms with Crippen LogP contribution in [0.2, 0.25) is 0 Å². The van der Waals surface area contributed by atoms with Crippen LogP contribution in [0.3, 0.4) is 0 Å². The largest absolute Gasteiger partial charge is 0.493 e. The van der Waals surface area contributed by atoms with E-state index in [9.17, 15) is 4.79 Å². The lowest BCUT2D eigenvalue weighted by Crippen LogP contribution is -2.51. The van der Waals surface area contributed by atoms with Gasteiger partial charge in [0.05, 0.1) is 32.4 Å². The first-order valence-electron chi connectivity index (χ1n) is 13.0. The Labute approximate surface area is 223 Å². The van der Waals surface area contributed by atoms with Gasteiger partial charge in [-0.25, -0.2) is 4.99 Å². The van der Waals surface area contributed by atoms with E-state index >= 15 is 0 Å². The van der Waals surface area contributed by atoms with Crippen LogP contribution >= 0.6 is 0 Å². The highest BCUT2D eigenvalue weighted by Gasteiger charge is 2.42. The molecule has 198 valence electrons. The van der Waals surface area contributed by atoms with Crippen molar-refractivity contribution in [2.75, 3.05) is 27.3 Å². The zero-order valence-electron chi connectivity index (χ0n) is 22.0. The molecule has 0 unspecified atom stereocenters. The van der Waals surface area contributed by atoms with Gasteiger partial charge in [0.25, 0.3) is 0 Å². The molecule has 2 aromatic carbocycles. The van der Waals surface area contributed by atoms with E-state index in [4.69, 9.17) is 24.3 Å². The zero-order valence-corrected chi connectivity index (χ0v) is 22.0. The van der Waals surface area contributed by atoms with Gasteiger partial charge in [0.15, 0.2) is 17.3 Å². The Kier molecular flexibility index (Phi) is 7.49. The summed E-state index contributed by atoms with van der Waals surface area (Å²) in [6.07, 6.45) is 5.18. The molecule has 2 N–H and O–H groups in total. The molecule has 1 aromatic heterocycles. The number of hydrogen-bond donors (Lipinski definition) is 2. The number of amidine groups is 2. The molecule has 2 aliphatic heterocycles. The molecule has 38 heavy (non-hydrogen) atoms. The maximum Gasteiger partial charge on any atom is 0.227 e. The summed E-state index contributed by atoms with van der Waals surface area (Å²) < 4.78 is 16.3. The molecule has 2 aliphatic rings. The van der Waals surface area contributed by atoms with Crippen LogP contribution in [-0.4, -0.2) is 49.8 Å². The zero-order chi connectivity index (χ0) is 26.5. The van der Waals surface area contributed by atoms with Crippen LogP contribution in [0, 0.1) is 10.8 Å². The number of methoxy groups -OCH3 is 2. The number of amides is 1. The van der Waals surface area contributed by atoms with Crippen LogP contribution in [0.15, 0.2) is 70.3 Å². The Morgan fingerprint density at radius 2 is 1.79 bits per heavy atom. The molecular formula is C30H34N4O4. The van der Waals surface area contributed by atoms with Gasteiger partial charge in [-0.2, -0.15) is 0 Å². The lowest BCUT2D eigenvalue weighted by Gasteiger charge is -2.42. The highest BCUT2D eigenvalue weighted by atomic mass is 16.5. The minimum absolute atomic E-state index is 0.0551. The standard InChI is InChI=1S/C30H34N4O4/c1-36-25-17-22-10-11-27(33-28(31)24(22)18-26(25)37-2)34-14-12-30(13-15-34,19-21-7-4-3-5-8-21)29(35)32-20-23-9-6-16-38-23/h3-9,16-18,31H,10-15,19-20H2,1-2H3,(H,32,35). The molecule has 1 fully saturated rings. The number of rotatable bonds is 7. The van der Waals surface area contributed by atoms with Crippen molar-refractivity contribution in [3.63, 3.8) is 0 Å². The van der Waals surface area contributed by atoms with E-state index in [0.717, 1.165) is 41.1 Å². The number of nitrogens with one attached hydrogen (secondary N) is 2. The first-order chi connectivity index (χ1) is 18.5. The predicted molar refractivity (Wildman–Crippen MR) is 146 cm³/mol. The molecule has 0 aliphatic carbocycles. The average Bonchev–Trinajstić information content (AvgIpc) is 3.42. The van der Waals surface area contributed by atoms with Crippen LogP contribution in [-0.2, 0) is 24.2 Å². The minimum atomic E-state index is -0.521. The number of likely N-dealkylation sites (tertiary alicyclic amines) is 1. The monoisotopic (exact) mass is 514 g/mol. The van der Waals surface area contributed by atoms with Crippen molar-refractivity contribution < 1.29 is 18.7 Å². The Bertz CT molecular complexity index is 1310. The Hall–Kier alpha value is -4.07. The van der Waals surface area contributed by atoms with Crippen molar-refractivity contribution in [2.45, 2.75) is 38.6 Å². The highest BCUT2D eigenvalue weighted by molar-refractivity contribution is 6.07. The van der Waals surface area contributed by atoms with Crippen molar-refractivity contribution in [1.29, 1.82) is 5.41 Å². The second-order valence-electron chi connectivity index (χ2n) is 9.93. The van der Waals surface area contributed by atoms with Crippen LogP contribution in [0.1, 0.15) is 41.7 Å². The normalized spacial score (nSPS) is 16.7. The first-order valence-corrected chi connectivity index (χ1v) is 13.0. The summed E-state index contributed by atoms with van der Waals surface area (Å²) in [5.41, 5.74) is 2.43. The number of ether oxygens (including phenoxy) is 2. The number of carbonyl (C=O) groups excluding carboxylic acids is 1. The SMILES string of the molecule is COc1cc2c(cc1OC)C(=N)N=C(N1CCC(Cc3ccccc3)(C(=O)NCc3ccco3)CC1)CC2. The smallest absolute Gasteiger partial charge is 0.227 e. The molecule has 8 heteroatoms. The third-order valence-corrected chi connectivity index (χ3v) is 7.68. The molecule has 0 atom stereocenters. The minimum Gasteiger partial charge on any atom is -0.493 e. The number of carbonyl (C=O) groups is 1. The van der Waals surface area contributed by atoms with E-state index in [2.05, 4.69) is 22.3 Å². The maximum atomic E-state index is 13.6. The third-order valence-electron chi connectivity index (χ3n) is 7.68. The Morgan fingerprint density at radius 1 is 1.05 bits per heavy atom. The number of benzene rings is 2. The summed E-state index contributed by atoms with van der Waals surface area (Å²) in [6.45, 7) is 1.79. The van der Waals surface area contributed by atoms with Crippen LogP contribution < -0.4 is 14.8 Å². The lowest BCUT2D eigenvalue weighted by molar-refractivity contribution is -0.133. The molecule has 3 heterocycles. The summed E-state index contributed by atoms with van der Waals surface area (Å²) in [7, 11) is 3.22. The van der Waals surface area contributed by atoms with E-state index in [0.29, 0.717) is 50.4 Å². The highest BCUT2D eigenvalue weighted by Crippen LogP contribution is 2.37. The van der Waals surface area contributed by atoms with Gasteiger partial charge < -0.3 is 24.1 Å². The number of aryl methyl sites for hydroxylation is 1. The average molecular weight is 515 g/mol. The van der Waals surface area contributed by atoms with Gasteiger partial charge >= 0.3 is 0 Å². The second-order valence-corrected chi connectivity index (χ2v) is 9.93. The molecule has 5 rings (SSSR count). The fraction of sp³-hybridized carbons (Fsp3) is 0.367. The molecule has 8 nitrogen and oxygen atoms in total. The summed E-state index contributed by atoms with van der Waals surface area (Å²) >= 11 is 0. The van der Waals surface area contributed by atoms with E-state index in [1.165, 1.54) is 0 Å². The van der Waals surface area contributed by atoms with E-state index in [-0.39, 0.29) is 11.7 Å².